The number of hydrogen-bond donors (Lipinski definition) is 1. The molecule has 0 saturated carbocycles. The summed E-state index contributed by atoms with van der Waals surface area (Å²) in [6, 6.07) is 9.25. The molecular formula is C17H21N2O3+. The summed E-state index contributed by atoms with van der Waals surface area (Å²) in [5.41, 5.74) is 2.90. The fraction of sp³-hybridized carbons (Fsp3) is 0.294. The summed E-state index contributed by atoms with van der Waals surface area (Å²) in [5, 5.41) is 2.87. The van der Waals surface area contributed by atoms with Gasteiger partial charge in [-0.25, -0.2) is 0 Å². The van der Waals surface area contributed by atoms with Crippen LogP contribution >= 0.6 is 0 Å². The molecule has 1 N–H and O–H groups in total. The van der Waals surface area contributed by atoms with Gasteiger partial charge in [-0.3, -0.25) is 4.79 Å². The van der Waals surface area contributed by atoms with E-state index in [0.29, 0.717) is 17.2 Å². The second-order valence-corrected chi connectivity index (χ2v) is 5.02. The zero-order valence-corrected chi connectivity index (χ0v) is 13.3. The Hall–Kier alpha value is -2.56. The Morgan fingerprint density at radius 3 is 2.55 bits per heavy atom. The Kier molecular flexibility index (Phi) is 4.99. The lowest BCUT2D eigenvalue weighted by molar-refractivity contribution is -0.690. The maximum atomic E-state index is 12.2. The third-order valence-electron chi connectivity index (χ3n) is 3.59. The van der Waals surface area contributed by atoms with Gasteiger partial charge in [-0.15, -0.1) is 0 Å². The SMILES string of the molecule is COc1ccc(NC(=O)C[n+]2cccc(C)c2C)cc1OC. The van der Waals surface area contributed by atoms with Crippen LogP contribution in [-0.2, 0) is 11.3 Å². The molecule has 0 fully saturated rings. The number of rotatable bonds is 5. The van der Waals surface area contributed by atoms with E-state index in [1.54, 1.807) is 32.4 Å². The first kappa shape index (κ1) is 15.8. The van der Waals surface area contributed by atoms with Gasteiger partial charge in [0, 0.05) is 30.3 Å². The summed E-state index contributed by atoms with van der Waals surface area (Å²) in [5.74, 6) is 1.12. The Morgan fingerprint density at radius 1 is 1.14 bits per heavy atom. The summed E-state index contributed by atoms with van der Waals surface area (Å²) >= 11 is 0. The van der Waals surface area contributed by atoms with Crippen molar-refractivity contribution in [1.29, 1.82) is 0 Å². The number of nitrogens with one attached hydrogen (secondary N) is 1. The number of hydrogen-bond acceptors (Lipinski definition) is 3. The second-order valence-electron chi connectivity index (χ2n) is 5.02. The van der Waals surface area contributed by atoms with Crippen molar-refractivity contribution >= 4 is 11.6 Å². The highest BCUT2D eigenvalue weighted by Crippen LogP contribution is 2.29. The van der Waals surface area contributed by atoms with E-state index in [9.17, 15) is 4.79 Å². The summed E-state index contributed by atoms with van der Waals surface area (Å²) in [4.78, 5) is 12.2. The van der Waals surface area contributed by atoms with Crippen molar-refractivity contribution in [3.8, 4) is 11.5 Å². The fourth-order valence-electron chi connectivity index (χ4n) is 2.19. The molecule has 0 saturated heterocycles. The van der Waals surface area contributed by atoms with Crippen LogP contribution in [0.5, 0.6) is 11.5 Å². The largest absolute Gasteiger partial charge is 0.493 e. The molecule has 5 nitrogen and oxygen atoms in total. The van der Waals surface area contributed by atoms with Crippen LogP contribution in [0, 0.1) is 13.8 Å². The van der Waals surface area contributed by atoms with Gasteiger partial charge in [-0.2, -0.15) is 4.57 Å². The minimum absolute atomic E-state index is 0.0917. The zero-order chi connectivity index (χ0) is 16.1. The van der Waals surface area contributed by atoms with Crippen LogP contribution in [0.4, 0.5) is 5.69 Å². The van der Waals surface area contributed by atoms with E-state index in [1.807, 2.05) is 36.7 Å². The van der Waals surface area contributed by atoms with Crippen LogP contribution in [0.3, 0.4) is 0 Å². The standard InChI is InChI=1S/C17H20N2O3/c1-12-6-5-9-19(13(12)2)11-17(20)18-14-7-8-15(21-3)16(10-14)22-4/h5-10H,11H2,1-4H3/p+1. The molecule has 5 heteroatoms. The normalized spacial score (nSPS) is 10.2. The molecule has 0 aliphatic heterocycles. The molecule has 2 rings (SSSR count). The molecule has 1 aromatic carbocycles. The van der Waals surface area contributed by atoms with Gasteiger partial charge in [0.1, 0.15) is 0 Å². The number of methoxy groups -OCH3 is 2. The average molecular weight is 301 g/mol. The van der Waals surface area contributed by atoms with Gasteiger partial charge in [0.15, 0.2) is 23.4 Å². The van der Waals surface area contributed by atoms with E-state index in [0.717, 1.165) is 11.3 Å². The number of aromatic nitrogens is 1. The highest BCUT2D eigenvalue weighted by atomic mass is 16.5. The highest BCUT2D eigenvalue weighted by Gasteiger charge is 2.14. The maximum Gasteiger partial charge on any atom is 0.290 e. The number of amides is 1. The molecule has 116 valence electrons. The van der Waals surface area contributed by atoms with Crippen LogP contribution in [0.25, 0.3) is 0 Å². The van der Waals surface area contributed by atoms with Crippen molar-refractivity contribution in [2.75, 3.05) is 19.5 Å². The van der Waals surface area contributed by atoms with Crippen molar-refractivity contribution in [2.24, 2.45) is 0 Å². The third-order valence-corrected chi connectivity index (χ3v) is 3.59. The van der Waals surface area contributed by atoms with Gasteiger partial charge in [0.25, 0.3) is 5.91 Å². The minimum atomic E-state index is -0.0917. The molecule has 22 heavy (non-hydrogen) atoms. The van der Waals surface area contributed by atoms with Gasteiger partial charge in [-0.05, 0) is 25.1 Å². The van der Waals surface area contributed by atoms with Gasteiger partial charge >= 0.3 is 0 Å². The van der Waals surface area contributed by atoms with E-state index in [4.69, 9.17) is 9.47 Å². The van der Waals surface area contributed by atoms with Gasteiger partial charge in [0.05, 0.1) is 14.2 Å². The number of carbonyl (C=O) groups excluding carboxylic acids is 1. The number of pyridine rings is 1. The van der Waals surface area contributed by atoms with Crippen LogP contribution in [0.1, 0.15) is 11.3 Å². The number of aryl methyl sites for hydroxylation is 1. The molecule has 0 aliphatic rings. The van der Waals surface area contributed by atoms with Crippen molar-refractivity contribution in [2.45, 2.75) is 20.4 Å². The molecule has 0 bridgehead atoms. The van der Waals surface area contributed by atoms with Crippen LogP contribution < -0.4 is 19.4 Å². The lowest BCUT2D eigenvalue weighted by atomic mass is 10.2. The smallest absolute Gasteiger partial charge is 0.290 e. The van der Waals surface area contributed by atoms with Gasteiger partial charge < -0.3 is 14.8 Å². The average Bonchev–Trinajstić information content (AvgIpc) is 2.51. The number of ether oxygens (including phenoxy) is 2. The molecule has 1 heterocycles. The summed E-state index contributed by atoms with van der Waals surface area (Å²) < 4.78 is 12.3. The van der Waals surface area contributed by atoms with Gasteiger partial charge in [-0.1, -0.05) is 0 Å². The first-order chi connectivity index (χ1) is 10.5. The molecule has 1 aromatic heterocycles. The molecular weight excluding hydrogens is 280 g/mol. The predicted molar refractivity (Wildman–Crippen MR) is 84.3 cm³/mol. The van der Waals surface area contributed by atoms with Crippen LogP contribution in [0.15, 0.2) is 36.5 Å². The van der Waals surface area contributed by atoms with Crippen molar-refractivity contribution in [3.05, 3.63) is 47.8 Å². The summed E-state index contributed by atoms with van der Waals surface area (Å²) in [6.45, 7) is 4.29. The van der Waals surface area contributed by atoms with E-state index in [2.05, 4.69) is 5.32 Å². The molecule has 0 spiro atoms. The summed E-state index contributed by atoms with van der Waals surface area (Å²) in [7, 11) is 3.14. The molecule has 0 unspecified atom stereocenters. The quantitative estimate of drug-likeness (QED) is 0.862. The lowest BCUT2D eigenvalue weighted by Gasteiger charge is -2.10. The Labute approximate surface area is 130 Å². The van der Waals surface area contributed by atoms with Crippen LogP contribution in [-0.4, -0.2) is 20.1 Å². The highest BCUT2D eigenvalue weighted by molar-refractivity contribution is 5.90. The van der Waals surface area contributed by atoms with Crippen molar-refractivity contribution in [1.82, 2.24) is 0 Å². The van der Waals surface area contributed by atoms with E-state index in [1.165, 1.54) is 0 Å². The van der Waals surface area contributed by atoms with Crippen LogP contribution in [0.2, 0.25) is 0 Å². The molecule has 0 aliphatic carbocycles. The third kappa shape index (κ3) is 3.55. The first-order valence-electron chi connectivity index (χ1n) is 7.02. The topological polar surface area (TPSA) is 51.4 Å². The number of anilines is 1. The number of nitrogens with zero attached hydrogens (tertiary/aromatic N) is 1. The number of carbonyl (C=O) groups is 1. The van der Waals surface area contributed by atoms with E-state index < -0.39 is 0 Å². The lowest BCUT2D eigenvalue weighted by Crippen LogP contribution is -2.43. The monoisotopic (exact) mass is 301 g/mol. The van der Waals surface area contributed by atoms with Crippen molar-refractivity contribution in [3.63, 3.8) is 0 Å². The van der Waals surface area contributed by atoms with Gasteiger partial charge in [0.2, 0.25) is 6.54 Å². The first-order valence-corrected chi connectivity index (χ1v) is 7.02. The molecule has 1 amide bonds. The Bertz CT molecular complexity index is 684. The summed E-state index contributed by atoms with van der Waals surface area (Å²) in [6.07, 6.45) is 1.90. The van der Waals surface area contributed by atoms with E-state index in [-0.39, 0.29) is 12.5 Å². The zero-order valence-electron chi connectivity index (χ0n) is 13.3. The minimum Gasteiger partial charge on any atom is -0.493 e. The molecule has 0 radical (unpaired) electrons. The molecule has 0 atom stereocenters. The predicted octanol–water partition coefficient (Wildman–Crippen LogP) is 2.25. The second kappa shape index (κ2) is 6.93. The Morgan fingerprint density at radius 2 is 1.86 bits per heavy atom. The molecule has 2 aromatic rings. The van der Waals surface area contributed by atoms with Crippen molar-refractivity contribution < 1.29 is 18.8 Å². The fourth-order valence-corrected chi connectivity index (χ4v) is 2.19. The van der Waals surface area contributed by atoms with E-state index >= 15 is 0 Å². The Balaban J connectivity index is 2.10. The number of benzene rings is 1. The maximum absolute atomic E-state index is 12.2.